The fourth-order valence-electron chi connectivity index (χ4n) is 3.93. The number of nitrogens with one attached hydrogen (secondary N) is 1. The molecule has 3 aromatic carbocycles. The Morgan fingerprint density at radius 2 is 1.62 bits per heavy atom. The summed E-state index contributed by atoms with van der Waals surface area (Å²) in [5.41, 5.74) is 6.07. The summed E-state index contributed by atoms with van der Waals surface area (Å²) in [7, 11) is -2.34. The van der Waals surface area contributed by atoms with Crippen LogP contribution < -0.4 is 9.62 Å². The molecule has 0 aliphatic heterocycles. The van der Waals surface area contributed by atoms with Crippen LogP contribution in [-0.4, -0.2) is 26.4 Å². The third kappa shape index (κ3) is 4.73. The molecular weight excluding hydrogens is 466 g/mol. The zero-order valence-corrected chi connectivity index (χ0v) is 21.0. The van der Waals surface area contributed by atoms with Crippen LogP contribution in [0.4, 0.5) is 10.8 Å². The number of benzene rings is 3. The number of amides is 1. The predicted octanol–water partition coefficient (Wildman–Crippen LogP) is 5.81. The molecule has 1 amide bonds. The molecule has 174 valence electrons. The molecule has 1 aromatic heterocycles. The van der Waals surface area contributed by atoms with Gasteiger partial charge in [0.15, 0.2) is 5.13 Å². The lowest BCUT2D eigenvalue weighted by Gasteiger charge is -2.19. The third-order valence-corrected chi connectivity index (χ3v) is 8.07. The Kier molecular flexibility index (Phi) is 6.54. The van der Waals surface area contributed by atoms with E-state index in [9.17, 15) is 13.2 Å². The van der Waals surface area contributed by atoms with Crippen LogP contribution >= 0.6 is 11.3 Å². The third-order valence-electron chi connectivity index (χ3n) is 5.53. The summed E-state index contributed by atoms with van der Waals surface area (Å²) in [5, 5.41) is 5.16. The van der Waals surface area contributed by atoms with E-state index in [1.54, 1.807) is 36.4 Å². The minimum absolute atomic E-state index is 0.0391. The molecule has 0 spiro atoms. The van der Waals surface area contributed by atoms with Gasteiger partial charge in [-0.1, -0.05) is 42.0 Å². The Labute approximate surface area is 204 Å². The maximum atomic E-state index is 13.1. The number of hydrogen-bond acceptors (Lipinski definition) is 5. The topological polar surface area (TPSA) is 79.4 Å². The number of rotatable bonds is 6. The molecular formula is C26H25N3O3S2. The van der Waals surface area contributed by atoms with Crippen molar-refractivity contribution in [1.29, 1.82) is 0 Å². The van der Waals surface area contributed by atoms with Crippen molar-refractivity contribution in [2.45, 2.75) is 25.7 Å². The molecule has 0 radical (unpaired) electrons. The molecule has 1 N–H and O–H groups in total. The number of para-hydroxylation sites is 1. The second kappa shape index (κ2) is 9.40. The Morgan fingerprint density at radius 1 is 0.941 bits per heavy atom. The normalized spacial score (nSPS) is 11.3. The van der Waals surface area contributed by atoms with E-state index in [4.69, 9.17) is 0 Å². The molecule has 6 nitrogen and oxygen atoms in total. The van der Waals surface area contributed by atoms with Crippen molar-refractivity contribution in [1.82, 2.24) is 4.98 Å². The number of hydrogen-bond donors (Lipinski definition) is 1. The lowest BCUT2D eigenvalue weighted by Crippen LogP contribution is -2.26. The molecule has 0 unspecified atom stereocenters. The van der Waals surface area contributed by atoms with Gasteiger partial charge < -0.3 is 0 Å². The van der Waals surface area contributed by atoms with Crippen molar-refractivity contribution >= 4 is 38.1 Å². The van der Waals surface area contributed by atoms with Crippen molar-refractivity contribution in [3.05, 3.63) is 94.4 Å². The van der Waals surface area contributed by atoms with E-state index >= 15 is 0 Å². The largest absolute Gasteiger partial charge is 0.298 e. The van der Waals surface area contributed by atoms with Crippen molar-refractivity contribution in [3.8, 4) is 11.3 Å². The second-order valence-electron chi connectivity index (χ2n) is 8.10. The molecule has 0 saturated heterocycles. The highest BCUT2D eigenvalue weighted by Crippen LogP contribution is 2.31. The SMILES string of the molecule is Cc1cc(C)c(-c2csc(NC(=O)c3cccc(S(=O)(=O)N(C)c4ccccc4)c3)n2)c(C)c1. The maximum Gasteiger partial charge on any atom is 0.264 e. The zero-order valence-electron chi connectivity index (χ0n) is 19.4. The highest BCUT2D eigenvalue weighted by atomic mass is 32.2. The first kappa shape index (κ1) is 23.7. The van der Waals surface area contributed by atoms with Gasteiger partial charge in [0.05, 0.1) is 16.3 Å². The van der Waals surface area contributed by atoms with Crippen LogP contribution in [0, 0.1) is 20.8 Å². The van der Waals surface area contributed by atoms with E-state index in [0.717, 1.165) is 22.4 Å². The second-order valence-corrected chi connectivity index (χ2v) is 10.9. The minimum atomic E-state index is -3.83. The smallest absolute Gasteiger partial charge is 0.264 e. The van der Waals surface area contributed by atoms with E-state index in [0.29, 0.717) is 10.8 Å². The summed E-state index contributed by atoms with van der Waals surface area (Å²) < 4.78 is 27.4. The first-order chi connectivity index (χ1) is 16.2. The number of nitrogens with zero attached hydrogens (tertiary/aromatic N) is 2. The lowest BCUT2D eigenvalue weighted by atomic mass is 9.98. The Morgan fingerprint density at radius 3 is 2.29 bits per heavy atom. The molecule has 4 rings (SSSR count). The number of sulfonamides is 1. The molecule has 0 atom stereocenters. The Balaban J connectivity index is 1.56. The van der Waals surface area contributed by atoms with Crippen LogP contribution in [0.2, 0.25) is 0 Å². The van der Waals surface area contributed by atoms with Gasteiger partial charge in [-0.25, -0.2) is 13.4 Å². The van der Waals surface area contributed by atoms with Crippen LogP contribution in [0.1, 0.15) is 27.0 Å². The average Bonchev–Trinajstić information content (AvgIpc) is 3.26. The molecule has 0 fully saturated rings. The standard InChI is InChI=1S/C26H25N3O3S2/c1-17-13-18(2)24(19(3)14-17)23-16-33-26(27-23)28-25(30)20-9-8-12-22(15-20)34(31,32)29(4)21-10-6-5-7-11-21/h5-16H,1-4H3,(H,27,28,30). The van der Waals surface area contributed by atoms with Crippen molar-refractivity contribution in [2.24, 2.45) is 0 Å². The van der Waals surface area contributed by atoms with Crippen molar-refractivity contribution < 1.29 is 13.2 Å². The van der Waals surface area contributed by atoms with Gasteiger partial charge in [0, 0.05) is 23.6 Å². The first-order valence-corrected chi connectivity index (χ1v) is 13.0. The molecule has 0 bridgehead atoms. The van der Waals surface area contributed by atoms with Gasteiger partial charge in [0.1, 0.15) is 0 Å². The summed E-state index contributed by atoms with van der Waals surface area (Å²) in [6.45, 7) is 6.15. The summed E-state index contributed by atoms with van der Waals surface area (Å²) in [4.78, 5) is 17.5. The van der Waals surface area contributed by atoms with Gasteiger partial charge in [-0.05, 0) is 62.2 Å². The van der Waals surface area contributed by atoms with Crippen LogP contribution in [0.15, 0.2) is 77.0 Å². The van der Waals surface area contributed by atoms with E-state index in [2.05, 4.69) is 29.4 Å². The number of carbonyl (C=O) groups excluding carboxylic acids is 1. The molecule has 34 heavy (non-hydrogen) atoms. The van der Waals surface area contributed by atoms with E-state index < -0.39 is 15.9 Å². The fraction of sp³-hybridized carbons (Fsp3) is 0.154. The van der Waals surface area contributed by atoms with Crippen molar-refractivity contribution in [2.75, 3.05) is 16.7 Å². The number of anilines is 2. The molecule has 0 aliphatic rings. The van der Waals surface area contributed by atoms with E-state index in [-0.39, 0.29) is 10.5 Å². The number of thiazole rings is 1. The first-order valence-electron chi connectivity index (χ1n) is 10.7. The quantitative estimate of drug-likeness (QED) is 0.369. The van der Waals surface area contributed by atoms with E-state index in [1.807, 2.05) is 25.3 Å². The van der Waals surface area contributed by atoms with Gasteiger partial charge in [-0.15, -0.1) is 11.3 Å². The fourth-order valence-corrected chi connectivity index (χ4v) is 5.87. The molecule has 8 heteroatoms. The van der Waals surface area contributed by atoms with Crippen LogP contribution in [0.3, 0.4) is 0 Å². The summed E-state index contributed by atoms with van der Waals surface area (Å²) in [6.07, 6.45) is 0. The van der Waals surface area contributed by atoms with Gasteiger partial charge in [-0.2, -0.15) is 0 Å². The molecule has 4 aromatic rings. The molecule has 0 saturated carbocycles. The summed E-state index contributed by atoms with van der Waals surface area (Å²) in [5.74, 6) is -0.419. The van der Waals surface area contributed by atoms with Gasteiger partial charge in [-0.3, -0.25) is 14.4 Å². The number of aromatic nitrogens is 1. The van der Waals surface area contributed by atoms with Gasteiger partial charge in [0.25, 0.3) is 15.9 Å². The van der Waals surface area contributed by atoms with Gasteiger partial charge in [0.2, 0.25) is 0 Å². The summed E-state index contributed by atoms with van der Waals surface area (Å²) in [6, 6.07) is 19.0. The Hall–Kier alpha value is -3.49. The molecule has 0 aliphatic carbocycles. The number of aryl methyl sites for hydroxylation is 3. The average molecular weight is 492 g/mol. The van der Waals surface area contributed by atoms with Crippen LogP contribution in [-0.2, 0) is 10.0 Å². The van der Waals surface area contributed by atoms with Crippen LogP contribution in [0.5, 0.6) is 0 Å². The highest BCUT2D eigenvalue weighted by Gasteiger charge is 2.22. The lowest BCUT2D eigenvalue weighted by molar-refractivity contribution is 0.102. The van der Waals surface area contributed by atoms with E-state index in [1.165, 1.54) is 40.4 Å². The molecule has 1 heterocycles. The number of carbonyl (C=O) groups is 1. The summed E-state index contributed by atoms with van der Waals surface area (Å²) >= 11 is 1.33. The maximum absolute atomic E-state index is 13.1. The highest BCUT2D eigenvalue weighted by molar-refractivity contribution is 7.92. The zero-order chi connectivity index (χ0) is 24.5. The van der Waals surface area contributed by atoms with Crippen LogP contribution in [0.25, 0.3) is 11.3 Å². The van der Waals surface area contributed by atoms with Crippen molar-refractivity contribution in [3.63, 3.8) is 0 Å². The minimum Gasteiger partial charge on any atom is -0.298 e. The monoisotopic (exact) mass is 491 g/mol. The predicted molar refractivity (Wildman–Crippen MR) is 138 cm³/mol. The Bertz CT molecular complexity index is 1440. The van der Waals surface area contributed by atoms with Gasteiger partial charge >= 0.3 is 0 Å².